The quantitative estimate of drug-likeness (QED) is 0.579. The van der Waals surface area contributed by atoms with Crippen LogP contribution in [-0.4, -0.2) is 33.9 Å². The molecule has 0 fully saturated rings. The summed E-state index contributed by atoms with van der Waals surface area (Å²) in [6.45, 7) is 1.50. The van der Waals surface area contributed by atoms with Gasteiger partial charge in [0.1, 0.15) is 6.10 Å². The van der Waals surface area contributed by atoms with E-state index in [1.165, 1.54) is 12.1 Å². The average Bonchev–Trinajstić information content (AvgIpc) is 2.27. The Bertz CT molecular complexity index is 392. The van der Waals surface area contributed by atoms with E-state index in [4.69, 9.17) is 10.8 Å². The molecule has 2 unspecified atom stereocenters. The topological polar surface area (TPSA) is 104 Å². The molecular weight excluding hydrogens is 210 g/mol. The summed E-state index contributed by atoms with van der Waals surface area (Å²) in [7, 11) is 0. The highest BCUT2D eigenvalue weighted by Gasteiger charge is 2.21. The minimum atomic E-state index is -1.16. The van der Waals surface area contributed by atoms with Crippen LogP contribution in [0.25, 0.3) is 0 Å². The largest absolute Gasteiger partial charge is 0.478 e. The number of hydrogen-bond donors (Lipinski definition) is 4. The van der Waals surface area contributed by atoms with E-state index in [1.807, 2.05) is 0 Å². The van der Waals surface area contributed by atoms with Crippen molar-refractivity contribution in [1.29, 1.82) is 0 Å². The van der Waals surface area contributed by atoms with Gasteiger partial charge in [0.05, 0.1) is 11.7 Å². The van der Waals surface area contributed by atoms with Crippen molar-refractivity contribution in [3.8, 4) is 0 Å². The zero-order chi connectivity index (χ0) is 12.3. The SMILES string of the molecule is Cc1c(C(=O)O)cccc1C(O)C(O)CN. The minimum Gasteiger partial charge on any atom is -0.478 e. The van der Waals surface area contributed by atoms with E-state index >= 15 is 0 Å². The van der Waals surface area contributed by atoms with Gasteiger partial charge in [-0.1, -0.05) is 12.1 Å². The molecule has 88 valence electrons. The number of nitrogens with two attached hydrogens (primary N) is 1. The Kier molecular flexibility index (Phi) is 4.00. The molecule has 0 spiro atoms. The van der Waals surface area contributed by atoms with Gasteiger partial charge in [-0.3, -0.25) is 0 Å². The van der Waals surface area contributed by atoms with E-state index < -0.39 is 18.2 Å². The van der Waals surface area contributed by atoms with Crippen LogP contribution in [0.15, 0.2) is 18.2 Å². The predicted molar refractivity (Wildman–Crippen MR) is 58.2 cm³/mol. The molecule has 0 aromatic heterocycles. The number of aromatic carboxylic acids is 1. The van der Waals surface area contributed by atoms with Gasteiger partial charge in [0.25, 0.3) is 0 Å². The summed E-state index contributed by atoms with van der Waals surface area (Å²) in [5.74, 6) is -1.06. The maximum absolute atomic E-state index is 10.9. The molecule has 2 atom stereocenters. The summed E-state index contributed by atoms with van der Waals surface area (Å²) in [5.41, 5.74) is 6.17. The fourth-order valence-corrected chi connectivity index (χ4v) is 1.54. The van der Waals surface area contributed by atoms with Gasteiger partial charge < -0.3 is 21.1 Å². The molecule has 5 heteroatoms. The Morgan fingerprint density at radius 2 is 2.06 bits per heavy atom. The molecule has 5 N–H and O–H groups in total. The molecule has 0 amide bonds. The number of aliphatic hydroxyl groups is 2. The highest BCUT2D eigenvalue weighted by Crippen LogP contribution is 2.23. The van der Waals surface area contributed by atoms with Crippen LogP contribution in [0.4, 0.5) is 0 Å². The number of carbonyl (C=O) groups is 1. The van der Waals surface area contributed by atoms with Gasteiger partial charge in [0.2, 0.25) is 0 Å². The van der Waals surface area contributed by atoms with Crippen LogP contribution < -0.4 is 5.73 Å². The first-order chi connectivity index (χ1) is 7.49. The van der Waals surface area contributed by atoms with Crippen molar-refractivity contribution >= 4 is 5.97 Å². The van der Waals surface area contributed by atoms with E-state index in [0.29, 0.717) is 11.1 Å². The lowest BCUT2D eigenvalue weighted by atomic mass is 9.95. The predicted octanol–water partition coefficient (Wildman–Crippen LogP) is 0.0462. The standard InChI is InChI=1S/C11H15NO4/c1-6-7(10(14)9(13)5-12)3-2-4-8(6)11(15)16/h2-4,9-10,13-14H,5,12H2,1H3,(H,15,16). The third kappa shape index (κ3) is 2.38. The highest BCUT2D eigenvalue weighted by atomic mass is 16.4. The number of hydrogen-bond acceptors (Lipinski definition) is 4. The lowest BCUT2D eigenvalue weighted by Gasteiger charge is -2.19. The molecule has 0 aliphatic rings. The second kappa shape index (κ2) is 5.07. The van der Waals surface area contributed by atoms with Crippen molar-refractivity contribution < 1.29 is 20.1 Å². The Hall–Kier alpha value is -1.43. The Morgan fingerprint density at radius 3 is 2.56 bits per heavy atom. The van der Waals surface area contributed by atoms with Gasteiger partial charge >= 0.3 is 5.97 Å². The number of benzene rings is 1. The molecule has 1 aromatic rings. The molecule has 0 aliphatic heterocycles. The van der Waals surface area contributed by atoms with Gasteiger partial charge in [-0.15, -0.1) is 0 Å². The lowest BCUT2D eigenvalue weighted by molar-refractivity contribution is 0.0238. The van der Waals surface area contributed by atoms with Crippen LogP contribution in [0.3, 0.4) is 0 Å². The number of carboxylic acids is 1. The van der Waals surface area contributed by atoms with Gasteiger partial charge in [0, 0.05) is 6.54 Å². The third-order valence-electron chi connectivity index (χ3n) is 2.53. The molecular formula is C11H15NO4. The first-order valence-electron chi connectivity index (χ1n) is 4.88. The van der Waals surface area contributed by atoms with Crippen LogP contribution in [0.2, 0.25) is 0 Å². The summed E-state index contributed by atoms with van der Waals surface area (Å²) < 4.78 is 0. The molecule has 1 rings (SSSR count). The molecule has 5 nitrogen and oxygen atoms in total. The lowest BCUT2D eigenvalue weighted by Crippen LogP contribution is -2.27. The Labute approximate surface area is 93.1 Å². The van der Waals surface area contributed by atoms with Crippen molar-refractivity contribution in [3.63, 3.8) is 0 Å². The van der Waals surface area contributed by atoms with Crippen molar-refractivity contribution in [1.82, 2.24) is 0 Å². The number of rotatable bonds is 4. The maximum Gasteiger partial charge on any atom is 0.335 e. The van der Waals surface area contributed by atoms with Gasteiger partial charge in [-0.2, -0.15) is 0 Å². The molecule has 0 radical (unpaired) electrons. The fourth-order valence-electron chi connectivity index (χ4n) is 1.54. The Morgan fingerprint density at radius 1 is 1.44 bits per heavy atom. The van der Waals surface area contributed by atoms with Crippen LogP contribution in [-0.2, 0) is 0 Å². The van der Waals surface area contributed by atoms with Gasteiger partial charge in [0.15, 0.2) is 0 Å². The fraction of sp³-hybridized carbons (Fsp3) is 0.364. The summed E-state index contributed by atoms with van der Waals surface area (Å²) in [6.07, 6.45) is -2.26. The van der Waals surface area contributed by atoms with Crippen molar-refractivity contribution in [3.05, 3.63) is 34.9 Å². The van der Waals surface area contributed by atoms with Gasteiger partial charge in [-0.05, 0) is 24.1 Å². The molecule has 0 bridgehead atoms. The van der Waals surface area contributed by atoms with Crippen LogP contribution in [0.1, 0.15) is 27.6 Å². The van der Waals surface area contributed by atoms with E-state index in [0.717, 1.165) is 0 Å². The second-order valence-corrected chi connectivity index (χ2v) is 3.57. The van der Waals surface area contributed by atoms with Crippen LogP contribution >= 0.6 is 0 Å². The molecule has 0 saturated carbocycles. The zero-order valence-corrected chi connectivity index (χ0v) is 8.92. The second-order valence-electron chi connectivity index (χ2n) is 3.57. The monoisotopic (exact) mass is 225 g/mol. The Balaban J connectivity index is 3.15. The molecule has 0 aliphatic carbocycles. The smallest absolute Gasteiger partial charge is 0.335 e. The maximum atomic E-state index is 10.9. The van der Waals surface area contributed by atoms with E-state index in [1.54, 1.807) is 13.0 Å². The van der Waals surface area contributed by atoms with Crippen molar-refractivity contribution in [2.75, 3.05) is 6.54 Å². The van der Waals surface area contributed by atoms with E-state index in [-0.39, 0.29) is 12.1 Å². The first-order valence-corrected chi connectivity index (χ1v) is 4.88. The van der Waals surface area contributed by atoms with Crippen LogP contribution in [0.5, 0.6) is 0 Å². The molecule has 16 heavy (non-hydrogen) atoms. The molecule has 1 aromatic carbocycles. The summed E-state index contributed by atoms with van der Waals surface area (Å²) in [4.78, 5) is 10.9. The first kappa shape index (κ1) is 12.6. The van der Waals surface area contributed by atoms with E-state index in [9.17, 15) is 15.0 Å². The average molecular weight is 225 g/mol. The molecule has 0 heterocycles. The summed E-state index contributed by atoms with van der Waals surface area (Å²) in [6, 6.07) is 4.55. The highest BCUT2D eigenvalue weighted by molar-refractivity contribution is 5.89. The van der Waals surface area contributed by atoms with Crippen molar-refractivity contribution in [2.45, 2.75) is 19.1 Å². The van der Waals surface area contributed by atoms with Crippen molar-refractivity contribution in [2.24, 2.45) is 5.73 Å². The molecule has 0 saturated heterocycles. The normalized spacial score (nSPS) is 14.5. The summed E-state index contributed by atoms with van der Waals surface area (Å²) in [5, 5.41) is 28.1. The number of carboxylic acid groups (broad SMARTS) is 1. The van der Waals surface area contributed by atoms with Crippen LogP contribution in [0, 0.1) is 6.92 Å². The van der Waals surface area contributed by atoms with E-state index in [2.05, 4.69) is 0 Å². The zero-order valence-electron chi connectivity index (χ0n) is 8.92. The minimum absolute atomic E-state index is 0.0854. The van der Waals surface area contributed by atoms with Gasteiger partial charge in [-0.25, -0.2) is 4.79 Å². The number of aliphatic hydroxyl groups excluding tert-OH is 2. The summed E-state index contributed by atoms with van der Waals surface area (Å²) >= 11 is 0. The third-order valence-corrected chi connectivity index (χ3v) is 2.53.